The minimum Gasteiger partial charge on any atom is -0.349 e. The van der Waals surface area contributed by atoms with Crippen LogP contribution < -0.4 is 10.5 Å². The fourth-order valence-corrected chi connectivity index (χ4v) is 3.60. The lowest BCUT2D eigenvalue weighted by molar-refractivity contribution is -0.119. The third kappa shape index (κ3) is 6.36. The second-order valence-electron chi connectivity index (χ2n) is 5.52. The van der Waals surface area contributed by atoms with Gasteiger partial charge in [0.2, 0.25) is 15.9 Å². The van der Waals surface area contributed by atoms with Crippen molar-refractivity contribution in [2.45, 2.75) is 23.6 Å². The molecule has 0 saturated carbocycles. The molecule has 0 spiro atoms. The molecule has 1 atom stereocenters. The van der Waals surface area contributed by atoms with Gasteiger partial charge < -0.3 is 5.32 Å². The van der Waals surface area contributed by atoms with Crippen LogP contribution in [-0.2, 0) is 20.6 Å². The van der Waals surface area contributed by atoms with E-state index < -0.39 is 10.0 Å². The van der Waals surface area contributed by atoms with Crippen LogP contribution in [0.25, 0.3) is 0 Å². The van der Waals surface area contributed by atoms with Gasteiger partial charge in [-0.15, -0.1) is 11.8 Å². The van der Waals surface area contributed by atoms with E-state index in [0.717, 1.165) is 16.9 Å². The van der Waals surface area contributed by atoms with Crippen molar-refractivity contribution in [1.29, 1.82) is 0 Å². The largest absolute Gasteiger partial charge is 0.349 e. The smallest absolute Gasteiger partial charge is 0.238 e. The zero-order valence-corrected chi connectivity index (χ0v) is 16.0. The maximum atomic E-state index is 12.0. The third-order valence-corrected chi connectivity index (χ3v) is 5.69. The molecular formula is C17H19ClN2O3S2. The number of thioether (sulfide) groups is 1. The summed E-state index contributed by atoms with van der Waals surface area (Å²) in [4.78, 5) is 12.1. The molecule has 0 heterocycles. The molecule has 8 heteroatoms. The van der Waals surface area contributed by atoms with Crippen molar-refractivity contribution in [2.75, 3.05) is 5.75 Å². The summed E-state index contributed by atoms with van der Waals surface area (Å²) in [6.45, 7) is 1.84. The first kappa shape index (κ1) is 19.8. The second-order valence-corrected chi connectivity index (χ2v) is 8.51. The Bertz CT molecular complexity index is 822. The zero-order chi connectivity index (χ0) is 18.4. The lowest BCUT2D eigenvalue weighted by Gasteiger charge is -2.14. The van der Waals surface area contributed by atoms with Gasteiger partial charge in [0.05, 0.1) is 16.7 Å². The molecule has 0 radical (unpaired) electrons. The van der Waals surface area contributed by atoms with Crippen LogP contribution in [0.3, 0.4) is 0 Å². The van der Waals surface area contributed by atoms with Crippen molar-refractivity contribution < 1.29 is 13.2 Å². The molecule has 0 saturated heterocycles. The number of hydrogen-bond acceptors (Lipinski definition) is 4. The number of nitrogens with one attached hydrogen (secondary N) is 1. The summed E-state index contributed by atoms with van der Waals surface area (Å²) in [5, 5.41) is 8.64. The molecule has 2 rings (SSSR count). The standard InChI is InChI=1S/C17H19ClN2O3S2/c1-12(14-4-8-16(9-5-14)25(19,22)23)20-17(21)11-24-10-13-2-6-15(18)7-3-13/h2-9,12H,10-11H2,1H3,(H,20,21)(H2,19,22,23)/t12-/m1/s1. The van der Waals surface area contributed by atoms with Gasteiger partial charge in [0.25, 0.3) is 0 Å². The number of halogens is 1. The van der Waals surface area contributed by atoms with E-state index in [1.165, 1.54) is 23.9 Å². The average molecular weight is 399 g/mol. The van der Waals surface area contributed by atoms with E-state index in [1.807, 2.05) is 31.2 Å². The van der Waals surface area contributed by atoms with Crippen molar-refractivity contribution in [3.8, 4) is 0 Å². The molecule has 5 nitrogen and oxygen atoms in total. The molecule has 0 aromatic heterocycles. The highest BCUT2D eigenvalue weighted by Gasteiger charge is 2.12. The number of benzene rings is 2. The van der Waals surface area contributed by atoms with Gasteiger partial charge in [-0.05, 0) is 42.3 Å². The van der Waals surface area contributed by atoms with Crippen LogP contribution >= 0.6 is 23.4 Å². The highest BCUT2D eigenvalue weighted by Crippen LogP contribution is 2.17. The summed E-state index contributed by atoms with van der Waals surface area (Å²) in [6, 6.07) is 13.4. The highest BCUT2D eigenvalue weighted by molar-refractivity contribution is 7.99. The predicted octanol–water partition coefficient (Wildman–Crippen LogP) is 3.10. The molecular weight excluding hydrogens is 380 g/mol. The molecule has 2 aromatic rings. The van der Waals surface area contributed by atoms with Gasteiger partial charge in [-0.2, -0.15) is 0 Å². The summed E-state index contributed by atoms with van der Waals surface area (Å²) in [5.74, 6) is 0.978. The van der Waals surface area contributed by atoms with Crippen molar-refractivity contribution in [2.24, 2.45) is 5.14 Å². The number of primary sulfonamides is 1. The minimum absolute atomic E-state index is 0.0493. The Kier molecular flexibility index (Phi) is 6.89. The summed E-state index contributed by atoms with van der Waals surface area (Å²) in [7, 11) is -3.71. The number of nitrogens with two attached hydrogens (primary N) is 1. The maximum absolute atomic E-state index is 12.0. The Hall–Kier alpha value is -1.54. The topological polar surface area (TPSA) is 89.3 Å². The Labute approximate surface area is 157 Å². The molecule has 25 heavy (non-hydrogen) atoms. The molecule has 0 bridgehead atoms. The number of rotatable bonds is 7. The summed E-state index contributed by atoms with van der Waals surface area (Å²) in [6.07, 6.45) is 0. The van der Waals surface area contributed by atoms with Crippen LogP contribution in [-0.4, -0.2) is 20.1 Å². The lowest BCUT2D eigenvalue weighted by atomic mass is 10.1. The molecule has 0 aliphatic carbocycles. The van der Waals surface area contributed by atoms with Gasteiger partial charge in [-0.3, -0.25) is 4.79 Å². The van der Waals surface area contributed by atoms with E-state index in [2.05, 4.69) is 5.32 Å². The van der Waals surface area contributed by atoms with Crippen LogP contribution in [0.1, 0.15) is 24.1 Å². The van der Waals surface area contributed by atoms with Crippen molar-refractivity contribution in [3.05, 3.63) is 64.7 Å². The van der Waals surface area contributed by atoms with Crippen LogP contribution in [0, 0.1) is 0 Å². The SMILES string of the molecule is C[C@@H](NC(=O)CSCc1ccc(Cl)cc1)c1ccc(S(N)(=O)=O)cc1. The summed E-state index contributed by atoms with van der Waals surface area (Å²) in [5.41, 5.74) is 1.91. The normalized spacial score (nSPS) is 12.6. The van der Waals surface area contributed by atoms with E-state index in [4.69, 9.17) is 16.7 Å². The first-order valence-corrected chi connectivity index (χ1v) is 10.6. The maximum Gasteiger partial charge on any atom is 0.238 e. The minimum atomic E-state index is -3.71. The van der Waals surface area contributed by atoms with Crippen molar-refractivity contribution in [3.63, 3.8) is 0 Å². The van der Waals surface area contributed by atoms with Crippen LogP contribution in [0.15, 0.2) is 53.4 Å². The van der Waals surface area contributed by atoms with Crippen molar-refractivity contribution >= 4 is 39.3 Å². The Morgan fingerprint density at radius 1 is 1.16 bits per heavy atom. The summed E-state index contributed by atoms with van der Waals surface area (Å²) < 4.78 is 22.5. The van der Waals surface area contributed by atoms with E-state index >= 15 is 0 Å². The molecule has 134 valence electrons. The fourth-order valence-electron chi connectivity index (χ4n) is 2.15. The van der Waals surface area contributed by atoms with E-state index in [1.54, 1.807) is 12.1 Å². The van der Waals surface area contributed by atoms with Crippen LogP contribution in [0.5, 0.6) is 0 Å². The number of hydrogen-bond donors (Lipinski definition) is 2. The second kappa shape index (κ2) is 8.71. The summed E-state index contributed by atoms with van der Waals surface area (Å²) >= 11 is 7.35. The number of carbonyl (C=O) groups is 1. The van der Waals surface area contributed by atoms with Gasteiger partial charge in [0.15, 0.2) is 0 Å². The van der Waals surface area contributed by atoms with Crippen molar-refractivity contribution in [1.82, 2.24) is 5.32 Å². The van der Waals surface area contributed by atoms with Crippen LogP contribution in [0.4, 0.5) is 0 Å². The molecule has 0 fully saturated rings. The van der Waals surface area contributed by atoms with Gasteiger partial charge in [-0.1, -0.05) is 35.9 Å². The first-order chi connectivity index (χ1) is 11.8. The highest BCUT2D eigenvalue weighted by atomic mass is 35.5. The number of amides is 1. The van der Waals surface area contributed by atoms with Crippen LogP contribution in [0.2, 0.25) is 5.02 Å². The first-order valence-electron chi connectivity index (χ1n) is 7.50. The lowest BCUT2D eigenvalue weighted by Crippen LogP contribution is -2.28. The molecule has 3 N–H and O–H groups in total. The van der Waals surface area contributed by atoms with Gasteiger partial charge in [0, 0.05) is 10.8 Å². The van der Waals surface area contributed by atoms with Gasteiger partial charge >= 0.3 is 0 Å². The quantitative estimate of drug-likeness (QED) is 0.749. The van der Waals surface area contributed by atoms with E-state index in [9.17, 15) is 13.2 Å². The molecule has 0 aliphatic rings. The molecule has 0 unspecified atom stereocenters. The Morgan fingerprint density at radius 2 is 1.76 bits per heavy atom. The monoisotopic (exact) mass is 398 g/mol. The van der Waals surface area contributed by atoms with E-state index in [-0.39, 0.29) is 16.8 Å². The number of sulfonamides is 1. The van der Waals surface area contributed by atoms with Gasteiger partial charge in [0.1, 0.15) is 0 Å². The van der Waals surface area contributed by atoms with E-state index in [0.29, 0.717) is 10.8 Å². The third-order valence-electron chi connectivity index (χ3n) is 3.50. The van der Waals surface area contributed by atoms with Gasteiger partial charge in [-0.25, -0.2) is 13.6 Å². The Morgan fingerprint density at radius 3 is 2.32 bits per heavy atom. The zero-order valence-electron chi connectivity index (χ0n) is 13.6. The average Bonchev–Trinajstić information content (AvgIpc) is 2.56. The molecule has 0 aliphatic heterocycles. The predicted molar refractivity (Wildman–Crippen MR) is 102 cm³/mol. The fraction of sp³-hybridized carbons (Fsp3) is 0.235. The Balaban J connectivity index is 1.82. The molecule has 1 amide bonds. The number of carbonyl (C=O) groups excluding carboxylic acids is 1. The molecule has 2 aromatic carbocycles.